The lowest BCUT2D eigenvalue weighted by Gasteiger charge is -2.48. The van der Waals surface area contributed by atoms with Crippen molar-refractivity contribution in [2.75, 3.05) is 33.4 Å². The molecule has 13 heavy (non-hydrogen) atoms. The van der Waals surface area contributed by atoms with Crippen LogP contribution in [0.3, 0.4) is 0 Å². The van der Waals surface area contributed by atoms with Gasteiger partial charge in [0, 0.05) is 38.8 Å². The lowest BCUT2D eigenvalue weighted by molar-refractivity contribution is -0.0193. The van der Waals surface area contributed by atoms with Gasteiger partial charge in [0.15, 0.2) is 0 Å². The van der Waals surface area contributed by atoms with E-state index in [1.807, 2.05) is 0 Å². The van der Waals surface area contributed by atoms with Crippen LogP contribution in [0.5, 0.6) is 0 Å². The summed E-state index contributed by atoms with van der Waals surface area (Å²) in [6.07, 6.45) is 5.74. The first-order valence-electron chi connectivity index (χ1n) is 5.02. The van der Waals surface area contributed by atoms with Crippen molar-refractivity contribution in [3.05, 3.63) is 12.2 Å². The van der Waals surface area contributed by atoms with E-state index in [2.05, 4.69) is 22.4 Å². The van der Waals surface area contributed by atoms with Gasteiger partial charge in [0.05, 0.1) is 6.61 Å². The highest BCUT2D eigenvalue weighted by Gasteiger charge is 2.36. The Morgan fingerprint density at radius 1 is 1.54 bits per heavy atom. The van der Waals surface area contributed by atoms with Gasteiger partial charge in [0.2, 0.25) is 0 Å². The summed E-state index contributed by atoms with van der Waals surface area (Å²) in [6, 6.07) is 1.39. The second-order valence-corrected chi connectivity index (χ2v) is 3.83. The van der Waals surface area contributed by atoms with Gasteiger partial charge in [0.1, 0.15) is 0 Å². The van der Waals surface area contributed by atoms with E-state index in [4.69, 9.17) is 4.74 Å². The first-order chi connectivity index (χ1) is 6.42. The molecule has 1 saturated heterocycles. The van der Waals surface area contributed by atoms with Crippen molar-refractivity contribution < 1.29 is 4.74 Å². The number of nitrogens with one attached hydrogen (secondary N) is 1. The number of fused-ring (bicyclic) bond motifs is 1. The van der Waals surface area contributed by atoms with Crippen molar-refractivity contribution >= 4 is 0 Å². The van der Waals surface area contributed by atoms with E-state index in [0.29, 0.717) is 6.04 Å². The summed E-state index contributed by atoms with van der Waals surface area (Å²) in [5.74, 6) is 0. The molecule has 0 radical (unpaired) electrons. The van der Waals surface area contributed by atoms with E-state index in [1.54, 1.807) is 7.11 Å². The molecule has 2 atom stereocenters. The molecular formula is C10H18N2O. The maximum absolute atomic E-state index is 5.18. The van der Waals surface area contributed by atoms with Crippen LogP contribution >= 0.6 is 0 Å². The van der Waals surface area contributed by atoms with Gasteiger partial charge in [-0.25, -0.2) is 0 Å². The maximum Gasteiger partial charge on any atom is 0.0618 e. The summed E-state index contributed by atoms with van der Waals surface area (Å²) in [5, 5.41) is 3.41. The lowest BCUT2D eigenvalue weighted by Crippen LogP contribution is -2.61. The average Bonchev–Trinajstić information content (AvgIpc) is 2.09. The summed E-state index contributed by atoms with van der Waals surface area (Å²) in [7, 11) is 1.78. The topological polar surface area (TPSA) is 24.5 Å². The summed E-state index contributed by atoms with van der Waals surface area (Å²) >= 11 is 0. The zero-order valence-electron chi connectivity index (χ0n) is 8.20. The third kappa shape index (κ3) is 1.93. The number of nitrogens with zero attached hydrogens (tertiary/aromatic N) is 1. The molecular weight excluding hydrogens is 164 g/mol. The Balaban J connectivity index is 1.88. The third-order valence-corrected chi connectivity index (χ3v) is 2.97. The Hall–Kier alpha value is -0.380. The molecule has 0 amide bonds. The van der Waals surface area contributed by atoms with Gasteiger partial charge in [-0.2, -0.15) is 0 Å². The fourth-order valence-electron chi connectivity index (χ4n) is 2.21. The standard InChI is InChI=1S/C10H18N2O/c1-13-8-10-6-9-7-11-4-2-3-5-12(9)10/h2-3,9-11H,4-8H2,1H3/b3-2-/t9-,10+/m1/s1. The molecule has 0 saturated carbocycles. The molecule has 2 heterocycles. The Morgan fingerprint density at radius 3 is 3.31 bits per heavy atom. The van der Waals surface area contributed by atoms with Crippen molar-refractivity contribution in [1.29, 1.82) is 0 Å². The van der Waals surface area contributed by atoms with Crippen molar-refractivity contribution in [2.24, 2.45) is 0 Å². The summed E-state index contributed by atoms with van der Waals surface area (Å²) in [5.41, 5.74) is 0. The summed E-state index contributed by atoms with van der Waals surface area (Å²) in [4.78, 5) is 2.52. The van der Waals surface area contributed by atoms with Gasteiger partial charge in [0.25, 0.3) is 0 Å². The van der Waals surface area contributed by atoms with Crippen LogP contribution in [0.15, 0.2) is 12.2 Å². The van der Waals surface area contributed by atoms with Crippen LogP contribution < -0.4 is 5.32 Å². The number of rotatable bonds is 2. The normalized spacial score (nSPS) is 37.0. The van der Waals surface area contributed by atoms with Gasteiger partial charge in [-0.15, -0.1) is 0 Å². The highest BCUT2D eigenvalue weighted by molar-refractivity contribution is 5.01. The van der Waals surface area contributed by atoms with E-state index in [0.717, 1.165) is 32.3 Å². The smallest absolute Gasteiger partial charge is 0.0618 e. The van der Waals surface area contributed by atoms with Gasteiger partial charge < -0.3 is 10.1 Å². The van der Waals surface area contributed by atoms with E-state index < -0.39 is 0 Å². The van der Waals surface area contributed by atoms with Crippen molar-refractivity contribution in [3.63, 3.8) is 0 Å². The van der Waals surface area contributed by atoms with Crippen molar-refractivity contribution in [3.8, 4) is 0 Å². The van der Waals surface area contributed by atoms with Crippen LogP contribution in [0.4, 0.5) is 0 Å². The van der Waals surface area contributed by atoms with E-state index in [-0.39, 0.29) is 0 Å². The predicted molar refractivity (Wildman–Crippen MR) is 52.8 cm³/mol. The highest BCUT2D eigenvalue weighted by Crippen LogP contribution is 2.25. The van der Waals surface area contributed by atoms with Crippen LogP contribution in [-0.4, -0.2) is 50.3 Å². The molecule has 2 aliphatic heterocycles. The van der Waals surface area contributed by atoms with Crippen LogP contribution in [0.1, 0.15) is 6.42 Å². The van der Waals surface area contributed by atoms with Crippen LogP contribution in [0.2, 0.25) is 0 Å². The molecule has 0 aromatic rings. The van der Waals surface area contributed by atoms with E-state index in [9.17, 15) is 0 Å². The Bertz CT molecular complexity index is 193. The summed E-state index contributed by atoms with van der Waals surface area (Å²) in [6.45, 7) is 4.13. The summed E-state index contributed by atoms with van der Waals surface area (Å²) < 4.78 is 5.18. The van der Waals surface area contributed by atoms with Crippen molar-refractivity contribution in [1.82, 2.24) is 10.2 Å². The minimum absolute atomic E-state index is 0.652. The van der Waals surface area contributed by atoms with Crippen LogP contribution in [-0.2, 0) is 4.74 Å². The molecule has 2 aliphatic rings. The number of hydrogen-bond donors (Lipinski definition) is 1. The van der Waals surface area contributed by atoms with Gasteiger partial charge >= 0.3 is 0 Å². The highest BCUT2D eigenvalue weighted by atomic mass is 16.5. The van der Waals surface area contributed by atoms with Crippen LogP contribution in [0, 0.1) is 0 Å². The molecule has 0 aromatic heterocycles. The van der Waals surface area contributed by atoms with Gasteiger partial charge in [-0.3, -0.25) is 4.90 Å². The SMILES string of the molecule is COC[C@@H]1C[C@@H]2CNC/C=C\CN12. The molecule has 0 bridgehead atoms. The Labute approximate surface area is 79.7 Å². The lowest BCUT2D eigenvalue weighted by atomic mass is 9.92. The Morgan fingerprint density at radius 2 is 2.46 bits per heavy atom. The Kier molecular flexibility index (Phi) is 2.98. The predicted octanol–water partition coefficient (Wildman–Crippen LogP) is 0.235. The van der Waals surface area contributed by atoms with Crippen molar-refractivity contribution in [2.45, 2.75) is 18.5 Å². The molecule has 0 aliphatic carbocycles. The zero-order valence-corrected chi connectivity index (χ0v) is 8.20. The molecule has 3 heteroatoms. The zero-order chi connectivity index (χ0) is 9.10. The molecule has 2 rings (SSSR count). The molecule has 1 N–H and O–H groups in total. The fraction of sp³-hybridized carbons (Fsp3) is 0.800. The quantitative estimate of drug-likeness (QED) is 0.619. The number of hydrogen-bond acceptors (Lipinski definition) is 3. The molecule has 0 aromatic carbocycles. The molecule has 74 valence electrons. The molecule has 3 nitrogen and oxygen atoms in total. The third-order valence-electron chi connectivity index (χ3n) is 2.97. The van der Waals surface area contributed by atoms with Gasteiger partial charge in [-0.1, -0.05) is 12.2 Å². The minimum atomic E-state index is 0.652. The number of ether oxygens (including phenoxy) is 1. The monoisotopic (exact) mass is 182 g/mol. The maximum atomic E-state index is 5.18. The number of methoxy groups -OCH3 is 1. The molecule has 0 unspecified atom stereocenters. The molecule has 0 spiro atoms. The second kappa shape index (κ2) is 4.22. The first kappa shape index (κ1) is 9.19. The van der Waals surface area contributed by atoms with E-state index >= 15 is 0 Å². The minimum Gasteiger partial charge on any atom is -0.383 e. The first-order valence-corrected chi connectivity index (χ1v) is 5.02. The largest absolute Gasteiger partial charge is 0.383 e. The fourth-order valence-corrected chi connectivity index (χ4v) is 2.21. The van der Waals surface area contributed by atoms with Crippen LogP contribution in [0.25, 0.3) is 0 Å². The molecule has 1 fully saturated rings. The average molecular weight is 182 g/mol. The van der Waals surface area contributed by atoms with E-state index in [1.165, 1.54) is 6.42 Å². The second-order valence-electron chi connectivity index (χ2n) is 3.83. The van der Waals surface area contributed by atoms with Gasteiger partial charge in [-0.05, 0) is 6.42 Å².